The Kier molecular flexibility index (Phi) is 4.34. The highest BCUT2D eigenvalue weighted by atomic mass is 31.2. The van der Waals surface area contributed by atoms with Gasteiger partial charge in [-0.1, -0.05) is 0 Å². The standard InChI is InChI=1S/C10H13O7P/c1-15-10(13)8-6(11)4-5-7(12)9(8)18(14,16-2)17-3/h4-5,11-12H,1-3H3. The minimum atomic E-state index is -3.91. The fraction of sp³-hybridized carbons (Fsp3) is 0.300. The van der Waals surface area contributed by atoms with Gasteiger partial charge in [0.1, 0.15) is 22.4 Å². The van der Waals surface area contributed by atoms with Crippen molar-refractivity contribution in [2.45, 2.75) is 0 Å². The summed E-state index contributed by atoms with van der Waals surface area (Å²) in [6.07, 6.45) is 0. The molecule has 0 unspecified atom stereocenters. The second kappa shape index (κ2) is 5.39. The van der Waals surface area contributed by atoms with Crippen LogP contribution < -0.4 is 5.30 Å². The lowest BCUT2D eigenvalue weighted by Crippen LogP contribution is -2.19. The van der Waals surface area contributed by atoms with Crippen LogP contribution in [0.4, 0.5) is 0 Å². The Bertz CT molecular complexity index is 503. The van der Waals surface area contributed by atoms with Gasteiger partial charge in [0, 0.05) is 14.2 Å². The van der Waals surface area contributed by atoms with Crippen LogP contribution in [0, 0.1) is 0 Å². The molecule has 0 heterocycles. The fourth-order valence-electron chi connectivity index (χ4n) is 1.41. The largest absolute Gasteiger partial charge is 0.507 e. The first kappa shape index (κ1) is 14.5. The average molecular weight is 276 g/mol. The van der Waals surface area contributed by atoms with Gasteiger partial charge in [-0.25, -0.2) is 4.79 Å². The van der Waals surface area contributed by atoms with Crippen LogP contribution in [-0.2, 0) is 18.3 Å². The number of ether oxygens (including phenoxy) is 1. The first-order chi connectivity index (χ1) is 8.41. The predicted molar refractivity (Wildman–Crippen MR) is 62.4 cm³/mol. The Morgan fingerprint density at radius 2 is 1.61 bits per heavy atom. The van der Waals surface area contributed by atoms with E-state index in [4.69, 9.17) is 9.05 Å². The highest BCUT2D eigenvalue weighted by molar-refractivity contribution is 7.62. The van der Waals surface area contributed by atoms with E-state index in [-0.39, 0.29) is 0 Å². The Labute approximate surface area is 103 Å². The lowest BCUT2D eigenvalue weighted by Gasteiger charge is -2.18. The molecule has 0 aliphatic heterocycles. The number of phenols is 2. The van der Waals surface area contributed by atoms with E-state index in [2.05, 4.69) is 4.74 Å². The maximum absolute atomic E-state index is 12.2. The number of carbonyl (C=O) groups excluding carboxylic acids is 1. The first-order valence-corrected chi connectivity index (χ1v) is 6.30. The smallest absolute Gasteiger partial charge is 0.365 e. The molecule has 0 saturated heterocycles. The minimum Gasteiger partial charge on any atom is -0.507 e. The van der Waals surface area contributed by atoms with Crippen molar-refractivity contribution in [3.8, 4) is 11.5 Å². The molecule has 8 heteroatoms. The van der Waals surface area contributed by atoms with Crippen molar-refractivity contribution in [1.29, 1.82) is 0 Å². The molecule has 0 atom stereocenters. The molecule has 18 heavy (non-hydrogen) atoms. The molecule has 1 aromatic rings. The number of esters is 1. The van der Waals surface area contributed by atoms with Crippen molar-refractivity contribution < 1.29 is 33.4 Å². The molecule has 0 aliphatic rings. The zero-order chi connectivity index (χ0) is 13.9. The van der Waals surface area contributed by atoms with Crippen molar-refractivity contribution in [2.24, 2.45) is 0 Å². The van der Waals surface area contributed by atoms with Crippen LogP contribution in [0.1, 0.15) is 10.4 Å². The molecule has 0 bridgehead atoms. The van der Waals surface area contributed by atoms with Gasteiger partial charge >= 0.3 is 13.6 Å². The van der Waals surface area contributed by atoms with E-state index in [1.54, 1.807) is 0 Å². The maximum atomic E-state index is 12.2. The van der Waals surface area contributed by atoms with E-state index in [9.17, 15) is 19.6 Å². The molecule has 0 amide bonds. The third-order valence-corrected chi connectivity index (χ3v) is 4.24. The van der Waals surface area contributed by atoms with Crippen LogP contribution in [0.3, 0.4) is 0 Å². The number of phenolic OH excluding ortho intramolecular Hbond substituents is 2. The summed E-state index contributed by atoms with van der Waals surface area (Å²) in [5, 5.41) is 18.9. The van der Waals surface area contributed by atoms with Crippen molar-refractivity contribution in [3.05, 3.63) is 17.7 Å². The van der Waals surface area contributed by atoms with E-state index < -0.39 is 35.9 Å². The first-order valence-electron chi connectivity index (χ1n) is 4.76. The molecule has 0 aliphatic carbocycles. The highest BCUT2D eigenvalue weighted by Gasteiger charge is 2.36. The van der Waals surface area contributed by atoms with Gasteiger partial charge in [-0.3, -0.25) is 4.57 Å². The summed E-state index contributed by atoms with van der Waals surface area (Å²) in [5.74, 6) is -1.96. The van der Waals surface area contributed by atoms with Gasteiger partial charge < -0.3 is 24.0 Å². The number of benzene rings is 1. The molecule has 100 valence electrons. The van der Waals surface area contributed by atoms with Gasteiger partial charge in [-0.15, -0.1) is 0 Å². The number of aromatic hydroxyl groups is 2. The molecule has 0 radical (unpaired) electrons. The van der Waals surface area contributed by atoms with Crippen molar-refractivity contribution in [3.63, 3.8) is 0 Å². The second-order valence-corrected chi connectivity index (χ2v) is 5.35. The summed E-state index contributed by atoms with van der Waals surface area (Å²) >= 11 is 0. The second-order valence-electron chi connectivity index (χ2n) is 3.18. The zero-order valence-corrected chi connectivity index (χ0v) is 10.9. The lowest BCUT2D eigenvalue weighted by molar-refractivity contribution is 0.0598. The Hall–Kier alpha value is -1.56. The van der Waals surface area contributed by atoms with E-state index in [0.29, 0.717) is 0 Å². The van der Waals surface area contributed by atoms with E-state index in [1.807, 2.05) is 0 Å². The number of hydrogen-bond acceptors (Lipinski definition) is 7. The fourth-order valence-corrected chi connectivity index (χ4v) is 2.76. The van der Waals surface area contributed by atoms with Gasteiger partial charge in [0.2, 0.25) is 0 Å². The molecule has 0 spiro atoms. The quantitative estimate of drug-likeness (QED) is 0.480. The zero-order valence-electron chi connectivity index (χ0n) is 10.0. The Morgan fingerprint density at radius 1 is 1.11 bits per heavy atom. The summed E-state index contributed by atoms with van der Waals surface area (Å²) in [7, 11) is -0.646. The normalized spacial score (nSPS) is 11.3. The molecule has 2 N–H and O–H groups in total. The Balaban J connectivity index is 3.65. The minimum absolute atomic E-state index is 0.431. The highest BCUT2D eigenvalue weighted by Crippen LogP contribution is 2.49. The molecule has 1 rings (SSSR count). The molecule has 1 aromatic carbocycles. The maximum Gasteiger partial charge on any atom is 0.365 e. The Morgan fingerprint density at radius 3 is 2.06 bits per heavy atom. The van der Waals surface area contributed by atoms with Crippen LogP contribution in [0.25, 0.3) is 0 Å². The van der Waals surface area contributed by atoms with Crippen molar-refractivity contribution in [1.82, 2.24) is 0 Å². The summed E-state index contributed by atoms with van der Waals surface area (Å²) in [4.78, 5) is 11.6. The summed E-state index contributed by atoms with van der Waals surface area (Å²) in [5.41, 5.74) is -0.454. The topological polar surface area (TPSA) is 102 Å². The number of methoxy groups -OCH3 is 1. The molecule has 0 aromatic heterocycles. The van der Waals surface area contributed by atoms with Gasteiger partial charge in [0.25, 0.3) is 0 Å². The molecular weight excluding hydrogens is 263 g/mol. The monoisotopic (exact) mass is 276 g/mol. The SMILES string of the molecule is COC(=O)c1c(O)ccc(O)c1P(=O)(OC)OC. The van der Waals surface area contributed by atoms with Crippen molar-refractivity contribution in [2.75, 3.05) is 21.3 Å². The van der Waals surface area contributed by atoms with Gasteiger partial charge in [-0.2, -0.15) is 0 Å². The van der Waals surface area contributed by atoms with Gasteiger partial charge in [-0.05, 0) is 12.1 Å². The molecule has 7 nitrogen and oxygen atoms in total. The summed E-state index contributed by atoms with van der Waals surface area (Å²) < 4.78 is 26.1. The molecular formula is C10H13O7P. The predicted octanol–water partition coefficient (Wildman–Crippen LogP) is 0.996. The number of rotatable bonds is 4. The van der Waals surface area contributed by atoms with Gasteiger partial charge in [0.05, 0.1) is 7.11 Å². The van der Waals surface area contributed by atoms with Crippen LogP contribution in [0.15, 0.2) is 12.1 Å². The molecule has 0 fully saturated rings. The third-order valence-electron chi connectivity index (χ3n) is 2.28. The number of hydrogen-bond donors (Lipinski definition) is 2. The summed E-state index contributed by atoms with van der Waals surface area (Å²) in [6.45, 7) is 0. The number of carbonyl (C=O) groups is 1. The van der Waals surface area contributed by atoms with Crippen LogP contribution >= 0.6 is 7.60 Å². The molecule has 0 saturated carbocycles. The van der Waals surface area contributed by atoms with Crippen LogP contribution in [0.2, 0.25) is 0 Å². The van der Waals surface area contributed by atoms with E-state index >= 15 is 0 Å². The average Bonchev–Trinajstić information content (AvgIpc) is 2.39. The lowest BCUT2D eigenvalue weighted by atomic mass is 10.2. The van der Waals surface area contributed by atoms with Crippen LogP contribution in [-0.4, -0.2) is 37.5 Å². The van der Waals surface area contributed by atoms with Gasteiger partial charge in [0.15, 0.2) is 0 Å². The third kappa shape index (κ3) is 2.33. The summed E-state index contributed by atoms with van der Waals surface area (Å²) in [6, 6.07) is 2.14. The van der Waals surface area contributed by atoms with Crippen LogP contribution in [0.5, 0.6) is 11.5 Å². The van der Waals surface area contributed by atoms with Crippen molar-refractivity contribution >= 4 is 18.9 Å². The van der Waals surface area contributed by atoms with E-state index in [0.717, 1.165) is 33.5 Å². The van der Waals surface area contributed by atoms with E-state index in [1.165, 1.54) is 0 Å².